The number of carboxylic acid groups (broad SMARTS) is 1. The van der Waals surface area contributed by atoms with Gasteiger partial charge in [0.25, 0.3) is 0 Å². The number of halogens is 2. The number of aromatic carboxylic acids is 1. The van der Waals surface area contributed by atoms with Crippen molar-refractivity contribution in [1.29, 1.82) is 0 Å². The first-order valence-corrected chi connectivity index (χ1v) is 10.5. The number of rotatable bonds is 6. The van der Waals surface area contributed by atoms with E-state index in [0.29, 0.717) is 45.8 Å². The molecule has 0 bridgehead atoms. The molecule has 8 nitrogen and oxygen atoms in total. The SMILES string of the molecule is O=C(O)c1ccc2c(c1)nc(Nc1ccc(F)c(Cl)c1)c1nc(NCc3cccnc3)ncc12. The van der Waals surface area contributed by atoms with Gasteiger partial charge in [-0.3, -0.25) is 4.98 Å². The number of anilines is 3. The van der Waals surface area contributed by atoms with E-state index in [1.165, 1.54) is 30.3 Å². The van der Waals surface area contributed by atoms with Gasteiger partial charge in [0.2, 0.25) is 5.95 Å². The lowest BCUT2D eigenvalue weighted by atomic mass is 10.1. The molecular weight excluding hydrogens is 459 g/mol. The highest BCUT2D eigenvalue weighted by atomic mass is 35.5. The van der Waals surface area contributed by atoms with Gasteiger partial charge >= 0.3 is 5.97 Å². The van der Waals surface area contributed by atoms with Gasteiger partial charge in [-0.2, -0.15) is 0 Å². The van der Waals surface area contributed by atoms with E-state index in [-0.39, 0.29) is 10.6 Å². The molecule has 34 heavy (non-hydrogen) atoms. The topological polar surface area (TPSA) is 113 Å². The summed E-state index contributed by atoms with van der Waals surface area (Å²) in [5.41, 5.74) is 2.51. The van der Waals surface area contributed by atoms with Gasteiger partial charge in [0, 0.05) is 41.6 Å². The first-order valence-electron chi connectivity index (χ1n) is 10.2. The summed E-state index contributed by atoms with van der Waals surface area (Å²) in [7, 11) is 0. The Labute approximate surface area is 197 Å². The molecule has 5 aromatic rings. The van der Waals surface area contributed by atoms with Crippen molar-refractivity contribution in [3.05, 3.63) is 89.1 Å². The number of aromatic nitrogens is 4. The number of carboxylic acids is 1. The van der Waals surface area contributed by atoms with Crippen molar-refractivity contribution in [3.63, 3.8) is 0 Å². The van der Waals surface area contributed by atoms with E-state index in [4.69, 9.17) is 11.6 Å². The van der Waals surface area contributed by atoms with Gasteiger partial charge in [-0.25, -0.2) is 24.1 Å². The van der Waals surface area contributed by atoms with Crippen molar-refractivity contribution in [3.8, 4) is 0 Å². The molecule has 0 saturated carbocycles. The van der Waals surface area contributed by atoms with Crippen LogP contribution >= 0.6 is 11.6 Å². The molecule has 0 radical (unpaired) electrons. The first-order chi connectivity index (χ1) is 16.5. The minimum absolute atomic E-state index is 0.0447. The number of nitrogens with zero attached hydrogens (tertiary/aromatic N) is 4. The molecule has 0 amide bonds. The number of nitrogens with one attached hydrogen (secondary N) is 2. The zero-order valence-corrected chi connectivity index (χ0v) is 18.2. The van der Waals surface area contributed by atoms with Crippen LogP contribution in [0.3, 0.4) is 0 Å². The fourth-order valence-corrected chi connectivity index (χ4v) is 3.67. The van der Waals surface area contributed by atoms with Crippen molar-refractivity contribution in [2.75, 3.05) is 10.6 Å². The molecule has 168 valence electrons. The second-order valence-electron chi connectivity index (χ2n) is 7.42. The fourth-order valence-electron chi connectivity index (χ4n) is 3.48. The molecule has 0 aliphatic heterocycles. The van der Waals surface area contributed by atoms with Gasteiger partial charge in [0.15, 0.2) is 5.82 Å². The van der Waals surface area contributed by atoms with Crippen molar-refractivity contribution in [1.82, 2.24) is 19.9 Å². The molecule has 2 aromatic carbocycles. The predicted molar refractivity (Wildman–Crippen MR) is 128 cm³/mol. The molecule has 0 aliphatic carbocycles. The van der Waals surface area contributed by atoms with Gasteiger partial charge in [-0.15, -0.1) is 0 Å². The van der Waals surface area contributed by atoms with E-state index in [9.17, 15) is 14.3 Å². The Morgan fingerprint density at radius 1 is 1.06 bits per heavy atom. The van der Waals surface area contributed by atoms with Crippen molar-refractivity contribution in [2.45, 2.75) is 6.54 Å². The van der Waals surface area contributed by atoms with Crippen LogP contribution in [0.1, 0.15) is 15.9 Å². The minimum atomic E-state index is -1.06. The molecule has 0 aliphatic rings. The zero-order valence-electron chi connectivity index (χ0n) is 17.5. The summed E-state index contributed by atoms with van der Waals surface area (Å²) in [5.74, 6) is -0.881. The molecular formula is C24H16ClFN6O2. The van der Waals surface area contributed by atoms with Crippen LogP contribution in [-0.2, 0) is 6.54 Å². The standard InChI is InChI=1S/C24H16ClFN6O2/c25-18-9-15(4-6-19(18)26)30-22-21-17(16-5-3-14(23(33)34)8-20(16)31-22)12-29-24(32-21)28-11-13-2-1-7-27-10-13/h1-10,12H,11H2,(H,30,31)(H,33,34)(H,28,29,32). The largest absolute Gasteiger partial charge is 0.478 e. The summed E-state index contributed by atoms with van der Waals surface area (Å²) >= 11 is 5.93. The Bertz CT molecular complexity index is 1550. The highest BCUT2D eigenvalue weighted by Crippen LogP contribution is 2.31. The molecule has 3 heterocycles. The lowest BCUT2D eigenvalue weighted by Gasteiger charge is -2.13. The predicted octanol–water partition coefficient (Wildman–Crippen LogP) is 5.42. The molecule has 0 unspecified atom stereocenters. The van der Waals surface area contributed by atoms with E-state index in [0.717, 1.165) is 5.56 Å². The van der Waals surface area contributed by atoms with Gasteiger partial charge in [0.1, 0.15) is 11.3 Å². The third kappa shape index (κ3) is 4.28. The Balaban J connectivity index is 1.62. The average molecular weight is 475 g/mol. The van der Waals surface area contributed by atoms with E-state index >= 15 is 0 Å². The molecule has 0 spiro atoms. The van der Waals surface area contributed by atoms with Crippen LogP contribution in [0.2, 0.25) is 5.02 Å². The zero-order chi connectivity index (χ0) is 23.7. The second kappa shape index (κ2) is 8.87. The normalized spacial score (nSPS) is 11.0. The van der Waals surface area contributed by atoms with Crippen LogP contribution < -0.4 is 10.6 Å². The average Bonchev–Trinajstić information content (AvgIpc) is 2.85. The smallest absolute Gasteiger partial charge is 0.335 e. The summed E-state index contributed by atoms with van der Waals surface area (Å²) in [5, 5.41) is 17.0. The van der Waals surface area contributed by atoms with Crippen molar-refractivity contribution in [2.24, 2.45) is 0 Å². The van der Waals surface area contributed by atoms with Crippen LogP contribution in [0.5, 0.6) is 0 Å². The lowest BCUT2D eigenvalue weighted by Crippen LogP contribution is -2.06. The molecule has 0 fully saturated rings. The molecule has 0 saturated heterocycles. The quantitative estimate of drug-likeness (QED) is 0.280. The second-order valence-corrected chi connectivity index (χ2v) is 7.83. The Hall–Kier alpha value is -4.37. The monoisotopic (exact) mass is 474 g/mol. The van der Waals surface area contributed by atoms with Gasteiger partial charge in [-0.05, 0) is 42.0 Å². The lowest BCUT2D eigenvalue weighted by molar-refractivity contribution is 0.0697. The van der Waals surface area contributed by atoms with Crippen molar-refractivity contribution < 1.29 is 14.3 Å². The highest BCUT2D eigenvalue weighted by Gasteiger charge is 2.15. The fraction of sp³-hybridized carbons (Fsp3) is 0.0417. The summed E-state index contributed by atoms with van der Waals surface area (Å²) < 4.78 is 13.6. The van der Waals surface area contributed by atoms with E-state index in [1.54, 1.807) is 24.7 Å². The van der Waals surface area contributed by atoms with Gasteiger partial charge < -0.3 is 15.7 Å². The van der Waals surface area contributed by atoms with Crippen LogP contribution in [0.4, 0.5) is 21.8 Å². The van der Waals surface area contributed by atoms with Crippen LogP contribution in [0.15, 0.2) is 67.1 Å². The third-order valence-electron chi connectivity index (χ3n) is 5.14. The summed E-state index contributed by atoms with van der Waals surface area (Å²) in [4.78, 5) is 29.2. The molecule has 3 N–H and O–H groups in total. The summed E-state index contributed by atoms with van der Waals surface area (Å²) in [6.07, 6.45) is 5.10. The molecule has 5 rings (SSSR count). The van der Waals surface area contributed by atoms with E-state index in [1.807, 2.05) is 12.1 Å². The number of hydrogen-bond donors (Lipinski definition) is 3. The molecule has 10 heteroatoms. The number of hydrogen-bond acceptors (Lipinski definition) is 7. The van der Waals surface area contributed by atoms with Crippen LogP contribution in [0.25, 0.3) is 21.8 Å². The maximum atomic E-state index is 13.6. The maximum Gasteiger partial charge on any atom is 0.335 e. The van der Waals surface area contributed by atoms with Crippen LogP contribution in [-0.4, -0.2) is 31.0 Å². The number of pyridine rings is 2. The number of benzene rings is 2. The number of fused-ring (bicyclic) bond motifs is 3. The molecule has 3 aromatic heterocycles. The third-order valence-corrected chi connectivity index (χ3v) is 5.43. The summed E-state index contributed by atoms with van der Waals surface area (Å²) in [6, 6.07) is 12.6. The molecule has 0 atom stereocenters. The van der Waals surface area contributed by atoms with E-state index in [2.05, 4.69) is 30.6 Å². The summed E-state index contributed by atoms with van der Waals surface area (Å²) in [6.45, 7) is 0.471. The van der Waals surface area contributed by atoms with E-state index < -0.39 is 11.8 Å². The Kier molecular flexibility index (Phi) is 5.60. The van der Waals surface area contributed by atoms with Crippen LogP contribution in [0, 0.1) is 5.82 Å². The van der Waals surface area contributed by atoms with Gasteiger partial charge in [0.05, 0.1) is 16.1 Å². The Morgan fingerprint density at radius 3 is 2.71 bits per heavy atom. The van der Waals surface area contributed by atoms with Crippen molar-refractivity contribution >= 4 is 56.8 Å². The minimum Gasteiger partial charge on any atom is -0.478 e. The maximum absolute atomic E-state index is 13.6. The van der Waals surface area contributed by atoms with Gasteiger partial charge in [-0.1, -0.05) is 23.7 Å². The Morgan fingerprint density at radius 2 is 1.94 bits per heavy atom. The first kappa shape index (κ1) is 21.5. The highest BCUT2D eigenvalue weighted by molar-refractivity contribution is 6.31. The number of carbonyl (C=O) groups is 1.